The number of unbranched alkanes of at least 4 members (excludes halogenated alkanes) is 2. The molecule has 1 aromatic carbocycles. The highest BCUT2D eigenvalue weighted by atomic mass is 16.5. The molecule has 28 heavy (non-hydrogen) atoms. The normalized spacial score (nSPS) is 14.9. The first-order valence-corrected chi connectivity index (χ1v) is 10.6. The van der Waals surface area contributed by atoms with Crippen LogP contribution in [0.3, 0.4) is 0 Å². The fraction of sp³-hybridized carbons (Fsp3) is 0.600. The Balaban J connectivity index is 1.80. The zero-order chi connectivity index (χ0) is 20.6. The fourth-order valence-electron chi connectivity index (χ4n) is 3.54. The molecular formula is C25H37NO2. The number of carbonyl (C=O) groups is 1. The molecule has 0 saturated heterocycles. The first-order chi connectivity index (χ1) is 13.3. The van der Waals surface area contributed by atoms with Crippen LogP contribution in [0.4, 0.5) is 0 Å². The van der Waals surface area contributed by atoms with Gasteiger partial charge in [-0.15, -0.1) is 5.73 Å². The molecule has 3 nitrogen and oxygen atoms in total. The van der Waals surface area contributed by atoms with E-state index in [0.29, 0.717) is 12.0 Å². The Kier molecular flexibility index (Phi) is 7.95. The molecule has 0 spiro atoms. The molecule has 1 aromatic rings. The average molecular weight is 384 g/mol. The number of hydrogen-bond acceptors (Lipinski definition) is 2. The van der Waals surface area contributed by atoms with Crippen molar-refractivity contribution in [1.29, 1.82) is 0 Å². The summed E-state index contributed by atoms with van der Waals surface area (Å²) in [6.07, 6.45) is 9.01. The van der Waals surface area contributed by atoms with E-state index < -0.39 is 0 Å². The number of benzene rings is 1. The Labute approximate surface area is 171 Å². The molecule has 1 saturated carbocycles. The lowest BCUT2D eigenvalue weighted by Gasteiger charge is -2.21. The van der Waals surface area contributed by atoms with E-state index in [1.165, 1.54) is 31.2 Å². The molecule has 1 fully saturated rings. The van der Waals surface area contributed by atoms with Crippen LogP contribution in [0.2, 0.25) is 0 Å². The van der Waals surface area contributed by atoms with E-state index >= 15 is 0 Å². The maximum Gasteiger partial charge on any atom is 0.219 e. The molecule has 1 amide bonds. The highest BCUT2D eigenvalue weighted by molar-refractivity contribution is 5.73. The van der Waals surface area contributed by atoms with Crippen LogP contribution >= 0.6 is 0 Å². The second kappa shape index (κ2) is 9.98. The molecule has 0 bridgehead atoms. The number of amides is 1. The van der Waals surface area contributed by atoms with Crippen LogP contribution in [-0.2, 0) is 10.2 Å². The third kappa shape index (κ3) is 7.20. The second-order valence-electron chi connectivity index (χ2n) is 9.34. The van der Waals surface area contributed by atoms with Gasteiger partial charge < -0.3 is 9.64 Å². The zero-order valence-electron chi connectivity index (χ0n) is 18.2. The van der Waals surface area contributed by atoms with Gasteiger partial charge in [-0.25, -0.2) is 0 Å². The van der Waals surface area contributed by atoms with Crippen LogP contribution in [0, 0.1) is 5.41 Å². The predicted molar refractivity (Wildman–Crippen MR) is 117 cm³/mol. The fourth-order valence-corrected chi connectivity index (χ4v) is 3.54. The van der Waals surface area contributed by atoms with E-state index in [1.54, 1.807) is 6.92 Å². The summed E-state index contributed by atoms with van der Waals surface area (Å²) < 4.78 is 6.01. The Morgan fingerprint density at radius 1 is 1.29 bits per heavy atom. The van der Waals surface area contributed by atoms with Gasteiger partial charge in [0.15, 0.2) is 0 Å². The minimum Gasteiger partial charge on any atom is -0.493 e. The number of nitrogens with zero attached hydrogens (tertiary/aromatic N) is 1. The van der Waals surface area contributed by atoms with Gasteiger partial charge in [-0.05, 0) is 60.3 Å². The van der Waals surface area contributed by atoms with Crippen LogP contribution in [0.25, 0.3) is 0 Å². The predicted octanol–water partition coefficient (Wildman–Crippen LogP) is 5.89. The molecule has 1 aliphatic carbocycles. The van der Waals surface area contributed by atoms with Gasteiger partial charge in [-0.1, -0.05) is 52.3 Å². The number of carbonyl (C=O) groups excluding carboxylic acids is 1. The monoisotopic (exact) mass is 383 g/mol. The van der Waals surface area contributed by atoms with Crippen LogP contribution in [-0.4, -0.2) is 30.5 Å². The molecule has 154 valence electrons. The van der Waals surface area contributed by atoms with E-state index in [2.05, 4.69) is 57.3 Å². The third-order valence-corrected chi connectivity index (χ3v) is 5.46. The van der Waals surface area contributed by atoms with E-state index in [9.17, 15) is 4.79 Å². The topological polar surface area (TPSA) is 29.5 Å². The highest BCUT2D eigenvalue weighted by Gasteiger charge is 2.43. The SMILES string of the molecule is C=C=CCN(CCCCCC1(c2cccc(OCC(C)(C)C)c2)CC1)C(C)=O. The minimum absolute atomic E-state index is 0.122. The molecule has 0 radical (unpaired) electrons. The van der Waals surface area contributed by atoms with Gasteiger partial charge in [0.05, 0.1) is 6.61 Å². The standard InChI is InChI=1S/C25H37NO2/c1-6-7-17-26(21(2)27)18-10-8-9-14-25(15-16-25)22-12-11-13-23(19-22)28-20-24(3,4)5/h7,11-13,19H,1,8-10,14-18,20H2,2-5H3. The second-order valence-corrected chi connectivity index (χ2v) is 9.34. The van der Waals surface area contributed by atoms with E-state index in [-0.39, 0.29) is 11.3 Å². The summed E-state index contributed by atoms with van der Waals surface area (Å²) in [4.78, 5) is 13.5. The Morgan fingerprint density at radius 2 is 2.04 bits per heavy atom. The molecule has 3 heteroatoms. The van der Waals surface area contributed by atoms with Crippen molar-refractivity contribution >= 4 is 5.91 Å². The highest BCUT2D eigenvalue weighted by Crippen LogP contribution is 2.52. The number of hydrogen-bond donors (Lipinski definition) is 0. The van der Waals surface area contributed by atoms with Crippen LogP contribution < -0.4 is 4.74 Å². The van der Waals surface area contributed by atoms with Gasteiger partial charge in [0, 0.05) is 20.0 Å². The van der Waals surface area contributed by atoms with Crippen molar-refractivity contribution in [3.05, 3.63) is 48.2 Å². The molecule has 1 aliphatic rings. The van der Waals surface area contributed by atoms with Crippen molar-refractivity contribution in [2.45, 2.75) is 71.6 Å². The van der Waals surface area contributed by atoms with Crippen LogP contribution in [0.5, 0.6) is 5.75 Å². The van der Waals surface area contributed by atoms with Crippen molar-refractivity contribution in [3.8, 4) is 5.75 Å². The molecule has 2 rings (SSSR count). The lowest BCUT2D eigenvalue weighted by atomic mass is 9.90. The molecule has 0 N–H and O–H groups in total. The number of ether oxygens (including phenoxy) is 1. The summed E-state index contributed by atoms with van der Waals surface area (Å²) in [5, 5.41) is 0. The lowest BCUT2D eigenvalue weighted by molar-refractivity contribution is -0.128. The van der Waals surface area contributed by atoms with Gasteiger partial charge in [0.25, 0.3) is 0 Å². The zero-order valence-corrected chi connectivity index (χ0v) is 18.2. The maximum atomic E-state index is 11.7. The van der Waals surface area contributed by atoms with E-state index in [1.807, 2.05) is 11.0 Å². The van der Waals surface area contributed by atoms with Crippen molar-refractivity contribution in [1.82, 2.24) is 4.90 Å². The smallest absolute Gasteiger partial charge is 0.219 e. The van der Waals surface area contributed by atoms with Gasteiger partial charge in [-0.3, -0.25) is 4.79 Å². The minimum atomic E-state index is 0.122. The first kappa shape index (κ1) is 22.3. The summed E-state index contributed by atoms with van der Waals surface area (Å²) in [5.41, 5.74) is 4.70. The average Bonchev–Trinajstić information content (AvgIpc) is 3.43. The largest absolute Gasteiger partial charge is 0.493 e. The van der Waals surface area contributed by atoms with Crippen molar-refractivity contribution < 1.29 is 9.53 Å². The van der Waals surface area contributed by atoms with Crippen LogP contribution in [0.15, 0.2) is 42.7 Å². The lowest BCUT2D eigenvalue weighted by Crippen LogP contribution is -2.29. The van der Waals surface area contributed by atoms with Crippen molar-refractivity contribution in [3.63, 3.8) is 0 Å². The Bertz CT molecular complexity index is 691. The molecule has 0 unspecified atom stereocenters. The third-order valence-electron chi connectivity index (χ3n) is 5.46. The van der Waals surface area contributed by atoms with Gasteiger partial charge in [-0.2, -0.15) is 0 Å². The van der Waals surface area contributed by atoms with Crippen molar-refractivity contribution in [2.75, 3.05) is 19.7 Å². The quantitative estimate of drug-likeness (QED) is 0.352. The Hall–Kier alpha value is -1.99. The molecule has 0 aliphatic heterocycles. The number of rotatable bonds is 11. The van der Waals surface area contributed by atoms with E-state index in [4.69, 9.17) is 4.74 Å². The molecule has 0 aromatic heterocycles. The first-order valence-electron chi connectivity index (χ1n) is 10.6. The molecule has 0 atom stereocenters. The van der Waals surface area contributed by atoms with Crippen molar-refractivity contribution in [2.24, 2.45) is 5.41 Å². The summed E-state index contributed by atoms with van der Waals surface area (Å²) in [6.45, 7) is 13.9. The summed E-state index contributed by atoms with van der Waals surface area (Å²) in [5.74, 6) is 1.11. The van der Waals surface area contributed by atoms with Gasteiger partial charge in [0.2, 0.25) is 5.91 Å². The maximum absolute atomic E-state index is 11.7. The summed E-state index contributed by atoms with van der Waals surface area (Å²) >= 11 is 0. The van der Waals surface area contributed by atoms with Gasteiger partial charge in [0.1, 0.15) is 5.75 Å². The van der Waals surface area contributed by atoms with Crippen LogP contribution in [0.1, 0.15) is 71.8 Å². The molecular weight excluding hydrogens is 346 g/mol. The summed E-state index contributed by atoms with van der Waals surface area (Å²) in [6, 6.07) is 8.71. The molecule has 0 heterocycles. The Morgan fingerprint density at radius 3 is 2.64 bits per heavy atom. The summed E-state index contributed by atoms with van der Waals surface area (Å²) in [7, 11) is 0. The van der Waals surface area contributed by atoms with E-state index in [0.717, 1.165) is 31.7 Å². The van der Waals surface area contributed by atoms with Gasteiger partial charge >= 0.3 is 0 Å².